The van der Waals surface area contributed by atoms with Crippen LogP contribution < -0.4 is 5.32 Å². The van der Waals surface area contributed by atoms with Crippen LogP contribution in [-0.2, 0) is 6.54 Å². The molecule has 4 nitrogen and oxygen atoms in total. The van der Waals surface area contributed by atoms with E-state index in [1.165, 1.54) is 4.88 Å². The molecule has 2 aromatic heterocycles. The van der Waals surface area contributed by atoms with E-state index in [1.54, 1.807) is 17.6 Å². The van der Waals surface area contributed by atoms with Crippen LogP contribution in [0.3, 0.4) is 0 Å². The minimum absolute atomic E-state index is 0.200. The highest BCUT2D eigenvalue weighted by molar-refractivity contribution is 7.15. The number of benzene rings is 1. The van der Waals surface area contributed by atoms with Crippen molar-refractivity contribution in [1.82, 2.24) is 15.3 Å². The minimum Gasteiger partial charge on any atom is -0.449 e. The van der Waals surface area contributed by atoms with Gasteiger partial charge in [0, 0.05) is 35.0 Å². The topological polar surface area (TPSA) is 51.0 Å². The zero-order valence-electron chi connectivity index (χ0n) is 13.3. The van der Waals surface area contributed by atoms with Gasteiger partial charge in [-0.3, -0.25) is 0 Å². The third-order valence-electron chi connectivity index (χ3n) is 3.57. The zero-order valence-corrected chi connectivity index (χ0v) is 14.8. The highest BCUT2D eigenvalue weighted by Crippen LogP contribution is 2.32. The van der Waals surface area contributed by atoms with Gasteiger partial charge in [0.1, 0.15) is 11.3 Å². The van der Waals surface area contributed by atoms with E-state index < -0.39 is 0 Å². The molecule has 1 aromatic carbocycles. The van der Waals surface area contributed by atoms with Crippen LogP contribution in [-0.4, -0.2) is 9.97 Å². The maximum absolute atomic E-state index is 5.95. The summed E-state index contributed by atoms with van der Waals surface area (Å²) in [4.78, 5) is 10.2. The maximum atomic E-state index is 5.95. The molecule has 0 fully saturated rings. The molecule has 0 bridgehead atoms. The van der Waals surface area contributed by atoms with Crippen LogP contribution in [0.15, 0.2) is 34.9 Å². The first-order valence-electron chi connectivity index (χ1n) is 7.40. The molecule has 6 heteroatoms. The average molecular weight is 348 g/mol. The second-order valence-corrected chi connectivity index (χ2v) is 6.90. The molecule has 3 rings (SSSR count). The van der Waals surface area contributed by atoms with Crippen molar-refractivity contribution < 1.29 is 4.42 Å². The number of aromatic nitrogens is 2. The van der Waals surface area contributed by atoms with Crippen molar-refractivity contribution in [2.24, 2.45) is 0 Å². The Morgan fingerprint density at radius 1 is 1.22 bits per heavy atom. The van der Waals surface area contributed by atoms with Gasteiger partial charge in [-0.15, -0.1) is 11.3 Å². The number of hydrogen-bond donors (Lipinski definition) is 1. The SMILES string of the molecule is Cc1nc(CN[C@H](C)c2sc(-c3ccc(Cl)cc3)nc2C)co1. The summed E-state index contributed by atoms with van der Waals surface area (Å²) in [6.45, 7) is 6.70. The quantitative estimate of drug-likeness (QED) is 0.711. The molecule has 120 valence electrons. The summed E-state index contributed by atoms with van der Waals surface area (Å²) in [6, 6.07) is 7.98. The van der Waals surface area contributed by atoms with Crippen molar-refractivity contribution in [3.8, 4) is 10.6 Å². The average Bonchev–Trinajstić information content (AvgIpc) is 3.11. The van der Waals surface area contributed by atoms with Gasteiger partial charge in [-0.05, 0) is 26.0 Å². The van der Waals surface area contributed by atoms with Gasteiger partial charge in [-0.1, -0.05) is 23.7 Å². The number of rotatable bonds is 5. The van der Waals surface area contributed by atoms with Gasteiger partial charge >= 0.3 is 0 Å². The number of oxazole rings is 1. The Bertz CT molecular complexity index is 795. The van der Waals surface area contributed by atoms with E-state index in [-0.39, 0.29) is 6.04 Å². The molecule has 0 aliphatic carbocycles. The summed E-state index contributed by atoms with van der Waals surface area (Å²) in [6.07, 6.45) is 1.69. The highest BCUT2D eigenvalue weighted by atomic mass is 35.5. The van der Waals surface area contributed by atoms with E-state index in [4.69, 9.17) is 21.0 Å². The third-order valence-corrected chi connectivity index (χ3v) is 5.21. The monoisotopic (exact) mass is 347 g/mol. The number of thiazole rings is 1. The van der Waals surface area contributed by atoms with Crippen LogP contribution in [0.5, 0.6) is 0 Å². The minimum atomic E-state index is 0.200. The van der Waals surface area contributed by atoms with Crippen molar-refractivity contribution in [2.45, 2.75) is 33.4 Å². The Morgan fingerprint density at radius 2 is 1.96 bits per heavy atom. The first kappa shape index (κ1) is 16.2. The molecule has 1 N–H and O–H groups in total. The summed E-state index contributed by atoms with van der Waals surface area (Å²) >= 11 is 7.65. The smallest absolute Gasteiger partial charge is 0.191 e. The predicted molar refractivity (Wildman–Crippen MR) is 93.8 cm³/mol. The zero-order chi connectivity index (χ0) is 16.4. The fourth-order valence-electron chi connectivity index (χ4n) is 2.37. The number of hydrogen-bond acceptors (Lipinski definition) is 5. The van der Waals surface area contributed by atoms with Gasteiger partial charge in [0.25, 0.3) is 0 Å². The van der Waals surface area contributed by atoms with E-state index in [0.717, 1.165) is 27.0 Å². The molecule has 3 aromatic rings. The molecule has 0 amide bonds. The Hall–Kier alpha value is -1.69. The normalized spacial score (nSPS) is 12.5. The summed E-state index contributed by atoms with van der Waals surface area (Å²) in [7, 11) is 0. The lowest BCUT2D eigenvalue weighted by Crippen LogP contribution is -2.18. The molecule has 0 spiro atoms. The summed E-state index contributed by atoms with van der Waals surface area (Å²) < 4.78 is 5.23. The Balaban J connectivity index is 1.73. The lowest BCUT2D eigenvalue weighted by atomic mass is 10.2. The first-order valence-corrected chi connectivity index (χ1v) is 8.60. The number of aryl methyl sites for hydroxylation is 2. The molecular formula is C17H18ClN3OS. The van der Waals surface area contributed by atoms with Crippen LogP contribution in [0.1, 0.15) is 35.1 Å². The molecule has 0 saturated carbocycles. The van der Waals surface area contributed by atoms with Gasteiger partial charge in [0.15, 0.2) is 5.89 Å². The van der Waals surface area contributed by atoms with Crippen LogP contribution in [0.2, 0.25) is 5.02 Å². The molecule has 0 aliphatic heterocycles. The Kier molecular flexibility index (Phi) is 4.80. The number of nitrogens with one attached hydrogen (secondary N) is 1. The van der Waals surface area contributed by atoms with Crippen molar-refractivity contribution in [3.05, 3.63) is 57.7 Å². The molecule has 0 saturated heterocycles. The fourth-order valence-corrected chi connectivity index (χ4v) is 3.59. The summed E-state index contributed by atoms with van der Waals surface area (Å²) in [5, 5.41) is 5.22. The van der Waals surface area contributed by atoms with Gasteiger partial charge in [0.05, 0.1) is 11.4 Å². The second kappa shape index (κ2) is 6.83. The van der Waals surface area contributed by atoms with E-state index in [0.29, 0.717) is 12.4 Å². The van der Waals surface area contributed by atoms with E-state index in [9.17, 15) is 0 Å². The molecule has 2 heterocycles. The number of nitrogens with zero attached hydrogens (tertiary/aromatic N) is 2. The van der Waals surface area contributed by atoms with Crippen LogP contribution in [0.25, 0.3) is 10.6 Å². The van der Waals surface area contributed by atoms with Gasteiger partial charge in [-0.25, -0.2) is 9.97 Å². The highest BCUT2D eigenvalue weighted by Gasteiger charge is 2.15. The Morgan fingerprint density at radius 3 is 2.61 bits per heavy atom. The third kappa shape index (κ3) is 3.80. The molecule has 1 atom stereocenters. The van der Waals surface area contributed by atoms with Crippen molar-refractivity contribution in [1.29, 1.82) is 0 Å². The van der Waals surface area contributed by atoms with Gasteiger partial charge in [0.2, 0.25) is 0 Å². The Labute approximate surface area is 144 Å². The lowest BCUT2D eigenvalue weighted by Gasteiger charge is -2.11. The molecule has 0 unspecified atom stereocenters. The largest absolute Gasteiger partial charge is 0.449 e. The standard InChI is InChI=1S/C17H18ClN3OS/c1-10(19-8-15-9-22-12(3)21-15)16-11(2)20-17(23-16)13-4-6-14(18)7-5-13/h4-7,9-10,19H,8H2,1-3H3/t10-/m1/s1. The van der Waals surface area contributed by atoms with Crippen molar-refractivity contribution in [3.63, 3.8) is 0 Å². The summed E-state index contributed by atoms with van der Waals surface area (Å²) in [5.74, 6) is 0.688. The maximum Gasteiger partial charge on any atom is 0.191 e. The lowest BCUT2D eigenvalue weighted by molar-refractivity contribution is 0.518. The van der Waals surface area contributed by atoms with Crippen LogP contribution in [0, 0.1) is 13.8 Å². The van der Waals surface area contributed by atoms with Crippen LogP contribution in [0.4, 0.5) is 0 Å². The van der Waals surface area contributed by atoms with E-state index in [1.807, 2.05) is 38.1 Å². The fraction of sp³-hybridized carbons (Fsp3) is 0.294. The van der Waals surface area contributed by atoms with E-state index in [2.05, 4.69) is 17.2 Å². The molecule has 23 heavy (non-hydrogen) atoms. The van der Waals surface area contributed by atoms with Gasteiger partial charge in [-0.2, -0.15) is 0 Å². The van der Waals surface area contributed by atoms with Crippen molar-refractivity contribution >= 4 is 22.9 Å². The van der Waals surface area contributed by atoms with Gasteiger partial charge < -0.3 is 9.73 Å². The summed E-state index contributed by atoms with van der Waals surface area (Å²) in [5.41, 5.74) is 3.05. The van der Waals surface area contributed by atoms with Crippen molar-refractivity contribution in [2.75, 3.05) is 0 Å². The molecule has 0 aliphatic rings. The first-order chi connectivity index (χ1) is 11.0. The number of halogens is 1. The van der Waals surface area contributed by atoms with Crippen LogP contribution >= 0.6 is 22.9 Å². The predicted octanol–water partition coefficient (Wildman–Crippen LogP) is 4.92. The van der Waals surface area contributed by atoms with E-state index >= 15 is 0 Å². The second-order valence-electron chi connectivity index (χ2n) is 5.44. The molecule has 0 radical (unpaired) electrons. The molecular weight excluding hydrogens is 330 g/mol.